The highest BCUT2D eigenvalue weighted by molar-refractivity contribution is 7.92. The first kappa shape index (κ1) is 15.6. The highest BCUT2D eigenvalue weighted by Crippen LogP contribution is 2.29. The zero-order valence-electron chi connectivity index (χ0n) is 11.4. The van der Waals surface area contributed by atoms with Crippen LogP contribution >= 0.6 is 11.6 Å². The Balaban J connectivity index is 2.51. The van der Waals surface area contributed by atoms with E-state index >= 15 is 0 Å². The maximum Gasteiger partial charge on any atom is 0.262 e. The summed E-state index contributed by atoms with van der Waals surface area (Å²) in [4.78, 5) is -0.0827. The molecule has 21 heavy (non-hydrogen) atoms. The van der Waals surface area contributed by atoms with Crippen LogP contribution in [0.4, 0.5) is 15.8 Å². The van der Waals surface area contributed by atoms with Crippen LogP contribution in [-0.4, -0.2) is 8.42 Å². The van der Waals surface area contributed by atoms with Crippen LogP contribution in [0.15, 0.2) is 35.2 Å². The molecule has 0 saturated carbocycles. The van der Waals surface area contributed by atoms with Gasteiger partial charge in [0.25, 0.3) is 10.0 Å². The predicted molar refractivity (Wildman–Crippen MR) is 82.5 cm³/mol. The lowest BCUT2D eigenvalue weighted by Crippen LogP contribution is -2.16. The minimum absolute atomic E-state index is 0.0827. The number of anilines is 2. The van der Waals surface area contributed by atoms with Crippen molar-refractivity contribution in [2.45, 2.75) is 18.7 Å². The average Bonchev–Trinajstić information content (AvgIpc) is 2.38. The van der Waals surface area contributed by atoms with Crippen molar-refractivity contribution in [2.75, 3.05) is 10.5 Å². The number of rotatable bonds is 3. The molecule has 0 spiro atoms. The van der Waals surface area contributed by atoms with Crippen molar-refractivity contribution in [3.63, 3.8) is 0 Å². The molecule has 7 heteroatoms. The molecule has 2 rings (SSSR count). The van der Waals surface area contributed by atoms with E-state index in [4.69, 9.17) is 17.3 Å². The second-order valence-electron chi connectivity index (χ2n) is 4.68. The fourth-order valence-corrected chi connectivity index (χ4v) is 3.65. The number of hydrogen-bond acceptors (Lipinski definition) is 3. The molecule has 0 unspecified atom stereocenters. The van der Waals surface area contributed by atoms with Gasteiger partial charge in [-0.25, -0.2) is 12.8 Å². The predicted octanol–water partition coefficient (Wildman–Crippen LogP) is 3.48. The summed E-state index contributed by atoms with van der Waals surface area (Å²) in [5, 5.41) is 0.284. The van der Waals surface area contributed by atoms with Gasteiger partial charge in [-0.2, -0.15) is 0 Å². The van der Waals surface area contributed by atoms with Crippen molar-refractivity contribution in [2.24, 2.45) is 0 Å². The number of nitrogens with one attached hydrogen (secondary N) is 1. The lowest BCUT2D eigenvalue weighted by Gasteiger charge is -2.14. The van der Waals surface area contributed by atoms with Gasteiger partial charge in [-0.1, -0.05) is 23.7 Å². The van der Waals surface area contributed by atoms with Crippen LogP contribution in [0, 0.1) is 19.7 Å². The van der Waals surface area contributed by atoms with Gasteiger partial charge in [-0.3, -0.25) is 4.72 Å². The Morgan fingerprint density at radius 2 is 1.86 bits per heavy atom. The Kier molecular flexibility index (Phi) is 4.11. The molecule has 0 saturated heterocycles. The van der Waals surface area contributed by atoms with Crippen molar-refractivity contribution in [3.05, 3.63) is 52.3 Å². The van der Waals surface area contributed by atoms with Crippen LogP contribution in [0.3, 0.4) is 0 Å². The molecule has 0 atom stereocenters. The molecule has 4 nitrogen and oxygen atoms in total. The van der Waals surface area contributed by atoms with Crippen molar-refractivity contribution >= 4 is 33.0 Å². The van der Waals surface area contributed by atoms with Gasteiger partial charge in [-0.15, -0.1) is 0 Å². The largest absolute Gasteiger partial charge is 0.396 e. The Bertz CT molecular complexity index is 787. The van der Waals surface area contributed by atoms with E-state index in [0.29, 0.717) is 11.3 Å². The smallest absolute Gasteiger partial charge is 0.262 e. The monoisotopic (exact) mass is 328 g/mol. The van der Waals surface area contributed by atoms with Gasteiger partial charge in [0, 0.05) is 0 Å². The van der Waals surface area contributed by atoms with Crippen molar-refractivity contribution in [3.8, 4) is 0 Å². The van der Waals surface area contributed by atoms with E-state index in [1.165, 1.54) is 6.92 Å². The van der Waals surface area contributed by atoms with Crippen molar-refractivity contribution in [1.82, 2.24) is 0 Å². The maximum absolute atomic E-state index is 13.3. The molecule has 0 heterocycles. The van der Waals surface area contributed by atoms with Gasteiger partial charge >= 0.3 is 0 Å². The van der Waals surface area contributed by atoms with Crippen LogP contribution in [0.25, 0.3) is 0 Å². The van der Waals surface area contributed by atoms with E-state index in [9.17, 15) is 12.8 Å². The van der Waals surface area contributed by atoms with Crippen LogP contribution in [0.2, 0.25) is 5.02 Å². The van der Waals surface area contributed by atoms with Gasteiger partial charge in [0.05, 0.1) is 21.3 Å². The molecule has 0 bridgehead atoms. The summed E-state index contributed by atoms with van der Waals surface area (Å²) >= 11 is 6.01. The summed E-state index contributed by atoms with van der Waals surface area (Å²) in [5.41, 5.74) is 6.46. The van der Waals surface area contributed by atoms with Gasteiger partial charge in [0.15, 0.2) is 0 Å². The topological polar surface area (TPSA) is 72.2 Å². The molecule has 0 radical (unpaired) electrons. The summed E-state index contributed by atoms with van der Waals surface area (Å²) in [6.45, 7) is 3.23. The third kappa shape index (κ3) is 3.11. The molecular formula is C14H14ClFN2O2S. The average molecular weight is 329 g/mol. The molecule has 112 valence electrons. The van der Waals surface area contributed by atoms with Crippen LogP contribution < -0.4 is 10.5 Å². The van der Waals surface area contributed by atoms with Crippen molar-refractivity contribution in [1.29, 1.82) is 0 Å². The maximum atomic E-state index is 13.3. The summed E-state index contributed by atoms with van der Waals surface area (Å²) in [7, 11) is -3.91. The first-order valence-electron chi connectivity index (χ1n) is 6.06. The molecule has 0 aliphatic rings. The number of para-hydroxylation sites is 1. The zero-order chi connectivity index (χ0) is 15.8. The lowest BCUT2D eigenvalue weighted by atomic mass is 10.2. The fourth-order valence-electron chi connectivity index (χ4n) is 1.91. The first-order valence-corrected chi connectivity index (χ1v) is 7.92. The minimum Gasteiger partial charge on any atom is -0.396 e. The molecule has 2 aromatic rings. The zero-order valence-corrected chi connectivity index (χ0v) is 13.0. The Morgan fingerprint density at radius 1 is 1.19 bits per heavy atom. The van der Waals surface area contributed by atoms with Crippen LogP contribution in [-0.2, 0) is 10.0 Å². The number of hydrogen-bond donors (Lipinski definition) is 2. The highest BCUT2D eigenvalue weighted by Gasteiger charge is 2.20. The molecule has 0 aromatic heterocycles. The number of nitrogen functional groups attached to an aromatic ring is 1. The normalized spacial score (nSPS) is 11.4. The van der Waals surface area contributed by atoms with Gasteiger partial charge in [0.1, 0.15) is 5.82 Å². The second kappa shape index (κ2) is 5.54. The first-order chi connectivity index (χ1) is 9.72. The summed E-state index contributed by atoms with van der Waals surface area (Å²) < 4.78 is 40.6. The number of halogens is 2. The van der Waals surface area contributed by atoms with E-state index in [0.717, 1.165) is 12.1 Å². The quantitative estimate of drug-likeness (QED) is 0.847. The Hall–Kier alpha value is -1.79. The lowest BCUT2D eigenvalue weighted by molar-refractivity contribution is 0.599. The minimum atomic E-state index is -3.91. The van der Waals surface area contributed by atoms with E-state index in [1.807, 2.05) is 0 Å². The molecule has 3 N–H and O–H groups in total. The fraction of sp³-hybridized carbons (Fsp3) is 0.143. The number of aryl methyl sites for hydroxylation is 2. The molecule has 0 aliphatic heterocycles. The second-order valence-corrected chi connectivity index (χ2v) is 6.73. The van der Waals surface area contributed by atoms with E-state index < -0.39 is 15.8 Å². The summed E-state index contributed by atoms with van der Waals surface area (Å²) in [6, 6.07) is 7.22. The summed E-state index contributed by atoms with van der Waals surface area (Å²) in [5.74, 6) is -0.652. The molecule has 0 amide bonds. The molecule has 0 aliphatic carbocycles. The van der Waals surface area contributed by atoms with E-state index in [1.54, 1.807) is 25.1 Å². The Labute approximate surface area is 127 Å². The number of nitrogens with two attached hydrogens (primary N) is 1. The van der Waals surface area contributed by atoms with Gasteiger partial charge in [-0.05, 0) is 43.2 Å². The number of sulfonamides is 1. The van der Waals surface area contributed by atoms with Gasteiger partial charge < -0.3 is 5.73 Å². The van der Waals surface area contributed by atoms with E-state index in [-0.39, 0.29) is 21.2 Å². The highest BCUT2D eigenvalue weighted by atomic mass is 35.5. The Morgan fingerprint density at radius 3 is 2.48 bits per heavy atom. The third-order valence-corrected chi connectivity index (χ3v) is 4.85. The molecule has 2 aromatic carbocycles. The van der Waals surface area contributed by atoms with Crippen LogP contribution in [0.1, 0.15) is 11.1 Å². The number of benzene rings is 2. The third-order valence-electron chi connectivity index (χ3n) is 3.04. The SMILES string of the molecule is Cc1cc(F)c(N)cc1S(=O)(=O)Nc1c(C)cccc1Cl. The van der Waals surface area contributed by atoms with Crippen LogP contribution in [0.5, 0.6) is 0 Å². The standard InChI is InChI=1S/C14H14ClFN2O2S/c1-8-4-3-5-10(15)14(8)18-21(19,20)13-7-12(17)11(16)6-9(13)2/h3-7,18H,17H2,1-2H3. The van der Waals surface area contributed by atoms with Crippen molar-refractivity contribution < 1.29 is 12.8 Å². The summed E-state index contributed by atoms with van der Waals surface area (Å²) in [6.07, 6.45) is 0. The van der Waals surface area contributed by atoms with Gasteiger partial charge in [0.2, 0.25) is 0 Å². The molecule has 0 fully saturated rings. The van der Waals surface area contributed by atoms with E-state index in [2.05, 4.69) is 4.72 Å². The molecular weight excluding hydrogens is 315 g/mol.